The monoisotopic (exact) mass is 428 g/mol. The second kappa shape index (κ2) is 7.99. The van der Waals surface area contributed by atoms with Crippen molar-refractivity contribution in [1.29, 1.82) is 0 Å². The summed E-state index contributed by atoms with van der Waals surface area (Å²) in [6.07, 6.45) is -0.230. The van der Waals surface area contributed by atoms with Crippen LogP contribution in [-0.4, -0.2) is 28.6 Å². The molecule has 2 heterocycles. The zero-order valence-electron chi connectivity index (χ0n) is 16.6. The van der Waals surface area contributed by atoms with Crippen molar-refractivity contribution in [2.75, 3.05) is 4.90 Å². The number of anilines is 1. The third-order valence-electron chi connectivity index (χ3n) is 5.27. The summed E-state index contributed by atoms with van der Waals surface area (Å²) in [5.41, 5.74) is 2.85. The van der Waals surface area contributed by atoms with Crippen molar-refractivity contribution in [2.45, 2.75) is 45.4 Å². The molecule has 0 unspecified atom stereocenters. The van der Waals surface area contributed by atoms with Gasteiger partial charge in [0.15, 0.2) is 11.7 Å². The summed E-state index contributed by atoms with van der Waals surface area (Å²) in [6.45, 7) is 3.61. The molecule has 1 aliphatic rings. The number of halogens is 1. The SMILES string of the molecule is C[C@@H](OC(=O)CCn1c(=O)oc2cc(Cl)ccc21)C(=O)N1c2ccccc2C[C@@H]1C. The Bertz CT molecular complexity index is 1180. The Hall–Kier alpha value is -3.06. The van der Waals surface area contributed by atoms with Crippen LogP contribution >= 0.6 is 11.6 Å². The molecule has 1 aromatic heterocycles. The number of hydrogen-bond donors (Lipinski definition) is 0. The van der Waals surface area contributed by atoms with E-state index in [1.165, 1.54) is 4.57 Å². The molecule has 1 aliphatic heterocycles. The van der Waals surface area contributed by atoms with Gasteiger partial charge in [-0.1, -0.05) is 29.8 Å². The van der Waals surface area contributed by atoms with E-state index in [4.69, 9.17) is 20.8 Å². The minimum absolute atomic E-state index is 0.00116. The topological polar surface area (TPSA) is 81.7 Å². The van der Waals surface area contributed by atoms with Crippen LogP contribution in [0.25, 0.3) is 11.1 Å². The normalized spacial score (nSPS) is 16.5. The molecule has 8 heteroatoms. The number of fused-ring (bicyclic) bond motifs is 2. The Morgan fingerprint density at radius 1 is 1.27 bits per heavy atom. The number of rotatable bonds is 5. The summed E-state index contributed by atoms with van der Waals surface area (Å²) in [4.78, 5) is 39.0. The fourth-order valence-electron chi connectivity index (χ4n) is 3.86. The highest BCUT2D eigenvalue weighted by atomic mass is 35.5. The molecule has 0 radical (unpaired) electrons. The van der Waals surface area contributed by atoms with Gasteiger partial charge in [-0.2, -0.15) is 0 Å². The van der Waals surface area contributed by atoms with Gasteiger partial charge in [0.2, 0.25) is 0 Å². The predicted molar refractivity (Wildman–Crippen MR) is 113 cm³/mol. The average molecular weight is 429 g/mol. The average Bonchev–Trinajstić information content (AvgIpc) is 3.20. The Morgan fingerprint density at radius 3 is 2.83 bits per heavy atom. The van der Waals surface area contributed by atoms with Crippen molar-refractivity contribution in [3.63, 3.8) is 0 Å². The number of nitrogens with zero attached hydrogens (tertiary/aromatic N) is 2. The second-order valence-electron chi connectivity index (χ2n) is 7.40. The summed E-state index contributed by atoms with van der Waals surface area (Å²) >= 11 is 5.91. The van der Waals surface area contributed by atoms with Crippen molar-refractivity contribution in [3.05, 3.63) is 63.6 Å². The highest BCUT2D eigenvalue weighted by molar-refractivity contribution is 6.31. The molecule has 3 aromatic rings. The molecule has 0 spiro atoms. The van der Waals surface area contributed by atoms with Crippen LogP contribution in [0, 0.1) is 0 Å². The lowest BCUT2D eigenvalue weighted by Gasteiger charge is -2.25. The number of para-hydroxylation sites is 1. The van der Waals surface area contributed by atoms with Gasteiger partial charge < -0.3 is 14.1 Å². The fourth-order valence-corrected chi connectivity index (χ4v) is 4.02. The number of aromatic nitrogens is 1. The number of aryl methyl sites for hydroxylation is 1. The van der Waals surface area contributed by atoms with E-state index in [2.05, 4.69) is 0 Å². The molecule has 0 N–H and O–H groups in total. The van der Waals surface area contributed by atoms with Crippen LogP contribution in [-0.2, 0) is 27.3 Å². The molecule has 0 bridgehead atoms. The van der Waals surface area contributed by atoms with Crippen LogP contribution < -0.4 is 10.7 Å². The number of carbonyl (C=O) groups excluding carboxylic acids is 2. The highest BCUT2D eigenvalue weighted by Gasteiger charge is 2.34. The molecule has 4 rings (SSSR count). The molecule has 0 saturated heterocycles. The largest absolute Gasteiger partial charge is 0.452 e. The molecule has 7 nitrogen and oxygen atoms in total. The summed E-state index contributed by atoms with van der Waals surface area (Å²) in [6, 6.07) is 12.6. The van der Waals surface area contributed by atoms with E-state index in [1.807, 2.05) is 31.2 Å². The van der Waals surface area contributed by atoms with Crippen LogP contribution in [0.4, 0.5) is 5.69 Å². The van der Waals surface area contributed by atoms with Gasteiger partial charge in [-0.05, 0) is 44.0 Å². The molecule has 0 saturated carbocycles. The molecule has 0 aliphatic carbocycles. The van der Waals surface area contributed by atoms with Crippen molar-refractivity contribution < 1.29 is 18.7 Å². The number of ether oxygens (including phenoxy) is 1. The van der Waals surface area contributed by atoms with Crippen molar-refractivity contribution in [1.82, 2.24) is 4.57 Å². The molecule has 1 amide bonds. The number of carbonyl (C=O) groups is 2. The fraction of sp³-hybridized carbons (Fsp3) is 0.318. The molecule has 30 heavy (non-hydrogen) atoms. The maximum absolute atomic E-state index is 12.9. The van der Waals surface area contributed by atoms with Gasteiger partial charge in [0.25, 0.3) is 5.91 Å². The summed E-state index contributed by atoms with van der Waals surface area (Å²) in [7, 11) is 0. The lowest BCUT2D eigenvalue weighted by atomic mass is 10.1. The molecule has 0 fully saturated rings. The summed E-state index contributed by atoms with van der Waals surface area (Å²) in [5.74, 6) is -1.40. The number of amides is 1. The lowest BCUT2D eigenvalue weighted by Crippen LogP contribution is -2.43. The Kier molecular flexibility index (Phi) is 5.39. The minimum atomic E-state index is -0.928. The zero-order valence-corrected chi connectivity index (χ0v) is 17.4. The lowest BCUT2D eigenvalue weighted by molar-refractivity contribution is -0.154. The standard InChI is InChI=1S/C22H21ClN2O5/c1-13-11-15-5-3-4-6-17(15)25(13)21(27)14(2)29-20(26)9-10-24-18-8-7-16(23)12-19(18)30-22(24)28/h3-8,12-14H,9-11H2,1-2H3/t13-,14+/m0/s1. The predicted octanol–water partition coefficient (Wildman–Crippen LogP) is 3.55. The smallest absolute Gasteiger partial charge is 0.419 e. The van der Waals surface area contributed by atoms with Crippen LogP contribution in [0.1, 0.15) is 25.8 Å². The first-order chi connectivity index (χ1) is 14.3. The maximum atomic E-state index is 12.9. The maximum Gasteiger partial charge on any atom is 0.419 e. The minimum Gasteiger partial charge on any atom is -0.452 e. The summed E-state index contributed by atoms with van der Waals surface area (Å²) < 4.78 is 11.9. The van der Waals surface area contributed by atoms with Crippen molar-refractivity contribution in [2.24, 2.45) is 0 Å². The van der Waals surface area contributed by atoms with Gasteiger partial charge in [-0.15, -0.1) is 0 Å². The number of oxazole rings is 1. The van der Waals surface area contributed by atoms with Crippen LogP contribution in [0.2, 0.25) is 5.02 Å². The number of esters is 1. The first kappa shape index (κ1) is 20.2. The molecule has 2 aromatic carbocycles. The summed E-state index contributed by atoms with van der Waals surface area (Å²) in [5, 5.41) is 0.452. The van der Waals surface area contributed by atoms with Gasteiger partial charge in [0.05, 0.1) is 11.9 Å². The third kappa shape index (κ3) is 3.73. The molecule has 2 atom stereocenters. The van der Waals surface area contributed by atoms with E-state index in [0.717, 1.165) is 17.7 Å². The van der Waals surface area contributed by atoms with Crippen molar-refractivity contribution >= 4 is 40.3 Å². The Labute approximate surface area is 177 Å². The van der Waals surface area contributed by atoms with Gasteiger partial charge in [0, 0.05) is 29.4 Å². The van der Waals surface area contributed by atoms with E-state index < -0.39 is 17.8 Å². The quantitative estimate of drug-likeness (QED) is 0.580. The van der Waals surface area contributed by atoms with Crippen LogP contribution in [0.15, 0.2) is 51.7 Å². The zero-order chi connectivity index (χ0) is 21.4. The number of benzene rings is 2. The number of hydrogen-bond acceptors (Lipinski definition) is 5. The van der Waals surface area contributed by atoms with Crippen LogP contribution in [0.5, 0.6) is 0 Å². The first-order valence-corrected chi connectivity index (χ1v) is 10.1. The molecular weight excluding hydrogens is 408 g/mol. The van der Waals surface area contributed by atoms with Gasteiger partial charge in [-0.25, -0.2) is 4.79 Å². The van der Waals surface area contributed by atoms with Gasteiger partial charge >= 0.3 is 11.7 Å². The Balaban J connectivity index is 1.41. The Morgan fingerprint density at radius 2 is 2.03 bits per heavy atom. The van der Waals surface area contributed by atoms with Gasteiger partial charge in [-0.3, -0.25) is 14.2 Å². The van der Waals surface area contributed by atoms with E-state index >= 15 is 0 Å². The van der Waals surface area contributed by atoms with E-state index in [9.17, 15) is 14.4 Å². The van der Waals surface area contributed by atoms with E-state index in [0.29, 0.717) is 16.1 Å². The van der Waals surface area contributed by atoms with Crippen molar-refractivity contribution in [3.8, 4) is 0 Å². The third-order valence-corrected chi connectivity index (χ3v) is 5.51. The van der Waals surface area contributed by atoms with Gasteiger partial charge in [0.1, 0.15) is 0 Å². The first-order valence-electron chi connectivity index (χ1n) is 9.74. The van der Waals surface area contributed by atoms with E-state index in [1.54, 1.807) is 30.0 Å². The highest BCUT2D eigenvalue weighted by Crippen LogP contribution is 2.32. The molecule has 156 valence electrons. The van der Waals surface area contributed by atoms with Crippen LogP contribution in [0.3, 0.4) is 0 Å². The molecular formula is C22H21ClN2O5. The second-order valence-corrected chi connectivity index (χ2v) is 7.84. The van der Waals surface area contributed by atoms with E-state index in [-0.39, 0.29) is 24.9 Å².